The molecule has 2 fully saturated rings. The minimum atomic E-state index is 0.00748. The van der Waals surface area contributed by atoms with Crippen LogP contribution in [0.3, 0.4) is 0 Å². The minimum Gasteiger partial charge on any atom is -0.332 e. The Morgan fingerprint density at radius 3 is 2.78 bits per heavy atom. The highest BCUT2D eigenvalue weighted by atomic mass is 16.2. The summed E-state index contributed by atoms with van der Waals surface area (Å²) in [5, 5.41) is 15.0. The van der Waals surface area contributed by atoms with Crippen LogP contribution in [0.5, 0.6) is 0 Å². The van der Waals surface area contributed by atoms with E-state index in [-0.39, 0.29) is 6.03 Å². The molecule has 1 unspecified atom stereocenters. The molecule has 3 rings (SSSR count). The van der Waals surface area contributed by atoms with E-state index in [1.807, 2.05) is 18.7 Å². The SMILES string of the molecule is CCn1nc(C)c(CNC(=O)N2CCC(N3CCNCC3)C2)n1. The fraction of sp³-hybridized carbons (Fsp3) is 0.800. The molecule has 2 amide bonds. The number of hydrogen-bond donors (Lipinski definition) is 2. The van der Waals surface area contributed by atoms with E-state index < -0.39 is 0 Å². The molecule has 128 valence electrons. The molecule has 0 bridgehead atoms. The maximum Gasteiger partial charge on any atom is 0.317 e. The zero-order chi connectivity index (χ0) is 16.2. The van der Waals surface area contributed by atoms with Crippen molar-refractivity contribution >= 4 is 6.03 Å². The van der Waals surface area contributed by atoms with Gasteiger partial charge < -0.3 is 15.5 Å². The van der Waals surface area contributed by atoms with Gasteiger partial charge in [-0.3, -0.25) is 4.90 Å². The summed E-state index contributed by atoms with van der Waals surface area (Å²) in [5.74, 6) is 0. The van der Waals surface area contributed by atoms with Crippen LogP contribution in [0.2, 0.25) is 0 Å². The minimum absolute atomic E-state index is 0.00748. The van der Waals surface area contributed by atoms with Crippen LogP contribution in [0.25, 0.3) is 0 Å². The molecule has 2 aliphatic rings. The molecule has 0 saturated carbocycles. The van der Waals surface area contributed by atoms with Gasteiger partial charge in [-0.2, -0.15) is 15.0 Å². The third-order valence-electron chi connectivity index (χ3n) is 4.73. The van der Waals surface area contributed by atoms with Crippen LogP contribution in [-0.4, -0.2) is 76.1 Å². The molecule has 3 heterocycles. The molecule has 8 nitrogen and oxygen atoms in total. The standard InChI is InChI=1S/C15H27N7O/c1-3-22-18-12(2)14(19-22)10-17-15(23)21-7-4-13(11-21)20-8-5-16-6-9-20/h13,16H,3-11H2,1-2H3,(H,17,23). The molecule has 0 spiro atoms. The van der Waals surface area contributed by atoms with E-state index in [2.05, 4.69) is 25.7 Å². The second-order valence-electron chi connectivity index (χ2n) is 6.25. The van der Waals surface area contributed by atoms with Crippen molar-refractivity contribution in [2.75, 3.05) is 39.3 Å². The molecular formula is C15H27N7O. The third kappa shape index (κ3) is 3.81. The van der Waals surface area contributed by atoms with Crippen LogP contribution < -0.4 is 10.6 Å². The summed E-state index contributed by atoms with van der Waals surface area (Å²) in [5.41, 5.74) is 1.73. The first-order valence-corrected chi connectivity index (χ1v) is 8.55. The lowest BCUT2D eigenvalue weighted by molar-refractivity contribution is 0.169. The topological polar surface area (TPSA) is 78.3 Å². The van der Waals surface area contributed by atoms with E-state index in [9.17, 15) is 4.79 Å². The Morgan fingerprint density at radius 2 is 2.09 bits per heavy atom. The zero-order valence-electron chi connectivity index (χ0n) is 14.1. The van der Waals surface area contributed by atoms with Crippen LogP contribution in [0, 0.1) is 6.92 Å². The summed E-state index contributed by atoms with van der Waals surface area (Å²) in [6, 6.07) is 0.513. The van der Waals surface area contributed by atoms with E-state index in [0.29, 0.717) is 12.6 Å². The van der Waals surface area contributed by atoms with Crippen LogP contribution in [0.15, 0.2) is 0 Å². The maximum absolute atomic E-state index is 12.4. The predicted molar refractivity (Wildman–Crippen MR) is 87.1 cm³/mol. The van der Waals surface area contributed by atoms with Crippen LogP contribution in [-0.2, 0) is 13.1 Å². The number of nitrogens with one attached hydrogen (secondary N) is 2. The smallest absolute Gasteiger partial charge is 0.317 e. The normalized spacial score (nSPS) is 22.5. The molecule has 8 heteroatoms. The van der Waals surface area contributed by atoms with E-state index in [1.54, 1.807) is 4.80 Å². The molecule has 0 aliphatic carbocycles. The van der Waals surface area contributed by atoms with Gasteiger partial charge in [0.05, 0.1) is 18.8 Å². The summed E-state index contributed by atoms with van der Waals surface area (Å²) >= 11 is 0. The molecule has 2 N–H and O–H groups in total. The Balaban J connectivity index is 1.48. The molecule has 2 aliphatic heterocycles. The lowest BCUT2D eigenvalue weighted by Gasteiger charge is -2.32. The van der Waals surface area contributed by atoms with E-state index in [1.165, 1.54) is 0 Å². The Kier molecular flexibility index (Phi) is 5.12. The molecule has 0 radical (unpaired) electrons. The van der Waals surface area contributed by atoms with Gasteiger partial charge in [0.2, 0.25) is 0 Å². The number of rotatable bonds is 4. The van der Waals surface area contributed by atoms with E-state index >= 15 is 0 Å². The Bertz CT molecular complexity index is 538. The van der Waals surface area contributed by atoms with Gasteiger partial charge in [0.25, 0.3) is 0 Å². The van der Waals surface area contributed by atoms with Crippen molar-refractivity contribution in [3.63, 3.8) is 0 Å². The van der Waals surface area contributed by atoms with Gasteiger partial charge in [-0.1, -0.05) is 0 Å². The van der Waals surface area contributed by atoms with Gasteiger partial charge in [0.15, 0.2) is 0 Å². The fourth-order valence-electron chi connectivity index (χ4n) is 3.31. The van der Waals surface area contributed by atoms with Gasteiger partial charge in [0.1, 0.15) is 5.69 Å². The van der Waals surface area contributed by atoms with Crippen LogP contribution in [0.1, 0.15) is 24.7 Å². The molecule has 1 atom stereocenters. The number of hydrogen-bond acceptors (Lipinski definition) is 5. The summed E-state index contributed by atoms with van der Waals surface area (Å²) in [6.07, 6.45) is 1.07. The van der Waals surface area contributed by atoms with Crippen molar-refractivity contribution in [3.8, 4) is 0 Å². The average Bonchev–Trinajstić information content (AvgIpc) is 3.20. The second kappa shape index (κ2) is 7.27. The number of amides is 2. The fourth-order valence-corrected chi connectivity index (χ4v) is 3.31. The number of nitrogens with zero attached hydrogens (tertiary/aromatic N) is 5. The van der Waals surface area contributed by atoms with Crippen LogP contribution in [0.4, 0.5) is 4.79 Å². The summed E-state index contributed by atoms with van der Waals surface area (Å²) in [6.45, 7) is 11.0. The molecule has 23 heavy (non-hydrogen) atoms. The van der Waals surface area contributed by atoms with Gasteiger partial charge in [-0.15, -0.1) is 0 Å². The first-order chi connectivity index (χ1) is 11.2. The number of likely N-dealkylation sites (tertiary alicyclic amines) is 1. The number of aryl methyl sites for hydroxylation is 2. The highest BCUT2D eigenvalue weighted by Gasteiger charge is 2.30. The summed E-state index contributed by atoms with van der Waals surface area (Å²) in [4.78, 5) is 18.4. The Morgan fingerprint density at radius 1 is 1.30 bits per heavy atom. The third-order valence-corrected chi connectivity index (χ3v) is 4.73. The molecule has 0 aromatic carbocycles. The molecule has 1 aromatic heterocycles. The quantitative estimate of drug-likeness (QED) is 0.803. The maximum atomic E-state index is 12.4. The summed E-state index contributed by atoms with van der Waals surface area (Å²) < 4.78 is 0. The largest absolute Gasteiger partial charge is 0.332 e. The van der Waals surface area contributed by atoms with Gasteiger partial charge in [-0.25, -0.2) is 4.79 Å². The van der Waals surface area contributed by atoms with Gasteiger partial charge in [-0.05, 0) is 20.3 Å². The number of carbonyl (C=O) groups excluding carboxylic acids is 1. The van der Waals surface area contributed by atoms with E-state index in [0.717, 1.165) is 63.6 Å². The zero-order valence-corrected chi connectivity index (χ0v) is 14.1. The monoisotopic (exact) mass is 321 g/mol. The van der Waals surface area contributed by atoms with Crippen LogP contribution >= 0.6 is 0 Å². The van der Waals surface area contributed by atoms with Crippen molar-refractivity contribution in [3.05, 3.63) is 11.4 Å². The number of aromatic nitrogens is 3. The molecule has 1 aromatic rings. The van der Waals surface area contributed by atoms with Gasteiger partial charge >= 0.3 is 6.03 Å². The van der Waals surface area contributed by atoms with Crippen molar-refractivity contribution in [1.82, 2.24) is 35.4 Å². The first-order valence-electron chi connectivity index (χ1n) is 8.55. The number of piperazine rings is 1. The number of urea groups is 1. The highest BCUT2D eigenvalue weighted by molar-refractivity contribution is 5.74. The Hall–Kier alpha value is -1.67. The highest BCUT2D eigenvalue weighted by Crippen LogP contribution is 2.16. The van der Waals surface area contributed by atoms with Crippen molar-refractivity contribution in [2.24, 2.45) is 0 Å². The summed E-state index contributed by atoms with van der Waals surface area (Å²) in [7, 11) is 0. The van der Waals surface area contributed by atoms with Crippen molar-refractivity contribution in [1.29, 1.82) is 0 Å². The van der Waals surface area contributed by atoms with Crippen molar-refractivity contribution < 1.29 is 4.79 Å². The molecule has 2 saturated heterocycles. The average molecular weight is 321 g/mol. The predicted octanol–water partition coefficient (Wildman–Crippen LogP) is -0.204. The number of carbonyl (C=O) groups is 1. The van der Waals surface area contributed by atoms with Crippen molar-refractivity contribution in [2.45, 2.75) is 39.4 Å². The second-order valence-corrected chi connectivity index (χ2v) is 6.25. The lowest BCUT2D eigenvalue weighted by Crippen LogP contribution is -2.49. The van der Waals surface area contributed by atoms with Gasteiger partial charge in [0, 0.05) is 45.3 Å². The first kappa shape index (κ1) is 16.2. The Labute approximate surface area is 137 Å². The lowest BCUT2D eigenvalue weighted by atomic mass is 10.2. The van der Waals surface area contributed by atoms with E-state index in [4.69, 9.17) is 0 Å². The molecular weight excluding hydrogens is 294 g/mol.